The van der Waals surface area contributed by atoms with Crippen LogP contribution in [0.2, 0.25) is 0 Å². The van der Waals surface area contributed by atoms with Crippen LogP contribution in [0.5, 0.6) is 5.75 Å². The molecule has 1 aromatic heterocycles. The SMILES string of the molecule is C=CCN(Cn1nnc2ccccc21)C(=O)C1N([C@@H](CO)Cc2ccccc2)C(=O)[C@@H]2[C@@H](C(=O)N(CC=C)c3ccc(OCC)cc3)[C@H]3CCC12S3. The molecule has 270 valence electrons. The Kier molecular flexibility index (Phi) is 10.2. The fraction of sp³-hybridized carbons (Fsp3) is 0.375. The largest absolute Gasteiger partial charge is 0.494 e. The number of para-hydroxylation sites is 1. The van der Waals surface area contributed by atoms with Gasteiger partial charge in [-0.3, -0.25) is 14.4 Å². The van der Waals surface area contributed by atoms with E-state index in [4.69, 9.17) is 4.74 Å². The number of amides is 3. The topological polar surface area (TPSA) is 121 Å². The van der Waals surface area contributed by atoms with Crippen LogP contribution in [-0.2, 0) is 27.5 Å². The molecule has 1 spiro atoms. The van der Waals surface area contributed by atoms with E-state index in [9.17, 15) is 9.90 Å². The molecule has 7 rings (SSSR count). The van der Waals surface area contributed by atoms with Crippen molar-refractivity contribution in [3.8, 4) is 5.75 Å². The lowest BCUT2D eigenvalue weighted by Crippen LogP contribution is -2.58. The zero-order valence-corrected chi connectivity index (χ0v) is 30.1. The summed E-state index contributed by atoms with van der Waals surface area (Å²) in [6, 6.07) is 22.9. The van der Waals surface area contributed by atoms with Crippen LogP contribution in [0.1, 0.15) is 25.3 Å². The zero-order valence-electron chi connectivity index (χ0n) is 29.3. The van der Waals surface area contributed by atoms with E-state index in [1.165, 1.54) is 0 Å². The summed E-state index contributed by atoms with van der Waals surface area (Å²) >= 11 is 1.60. The highest BCUT2D eigenvalue weighted by molar-refractivity contribution is 8.02. The van der Waals surface area contributed by atoms with E-state index in [1.54, 1.807) is 43.3 Å². The number of carbonyl (C=O) groups excluding carboxylic acids is 3. The fourth-order valence-corrected chi connectivity index (χ4v) is 10.6. The monoisotopic (exact) mass is 720 g/mol. The normalized spacial score (nSPS) is 23.7. The highest BCUT2D eigenvalue weighted by Crippen LogP contribution is 2.67. The number of rotatable bonds is 15. The number of benzene rings is 3. The van der Waals surface area contributed by atoms with E-state index in [0.29, 0.717) is 42.8 Å². The van der Waals surface area contributed by atoms with Gasteiger partial charge in [0.1, 0.15) is 24.0 Å². The van der Waals surface area contributed by atoms with Crippen molar-refractivity contribution in [2.45, 2.75) is 54.9 Å². The number of hydrogen-bond donors (Lipinski definition) is 1. The van der Waals surface area contributed by atoms with Crippen molar-refractivity contribution in [2.24, 2.45) is 11.8 Å². The molecular formula is C40H44N6O5S. The predicted molar refractivity (Wildman–Crippen MR) is 202 cm³/mol. The van der Waals surface area contributed by atoms with Crippen molar-refractivity contribution in [2.75, 3.05) is 31.2 Å². The van der Waals surface area contributed by atoms with Crippen LogP contribution in [0.4, 0.5) is 5.69 Å². The van der Waals surface area contributed by atoms with Crippen molar-refractivity contribution in [1.29, 1.82) is 0 Å². The summed E-state index contributed by atoms with van der Waals surface area (Å²) in [6.45, 7) is 10.5. The Bertz CT molecular complexity index is 1950. The number of fused-ring (bicyclic) bond motifs is 2. The van der Waals surface area contributed by atoms with Crippen LogP contribution >= 0.6 is 11.8 Å². The van der Waals surface area contributed by atoms with Gasteiger partial charge in [0.25, 0.3) is 0 Å². The first-order valence-corrected chi connectivity index (χ1v) is 18.7. The second kappa shape index (κ2) is 15.0. The van der Waals surface area contributed by atoms with E-state index in [2.05, 4.69) is 23.5 Å². The van der Waals surface area contributed by atoms with Gasteiger partial charge >= 0.3 is 0 Å². The number of hydrogen-bond acceptors (Lipinski definition) is 8. The molecule has 4 aromatic rings. The Balaban J connectivity index is 1.28. The molecule has 3 saturated heterocycles. The van der Waals surface area contributed by atoms with Gasteiger partial charge in [-0.05, 0) is 68.1 Å². The maximum absolute atomic E-state index is 15.2. The van der Waals surface area contributed by atoms with Crippen molar-refractivity contribution < 1.29 is 24.2 Å². The summed E-state index contributed by atoms with van der Waals surface area (Å²) < 4.78 is 6.44. The van der Waals surface area contributed by atoms with Gasteiger partial charge in [-0.2, -0.15) is 0 Å². The number of thioether (sulfide) groups is 1. The number of carbonyl (C=O) groups is 3. The molecular weight excluding hydrogens is 677 g/mol. The third kappa shape index (κ3) is 6.17. The average molecular weight is 721 g/mol. The minimum Gasteiger partial charge on any atom is -0.494 e. The maximum atomic E-state index is 15.2. The van der Waals surface area contributed by atoms with Crippen molar-refractivity contribution in [1.82, 2.24) is 24.8 Å². The van der Waals surface area contributed by atoms with Gasteiger partial charge in [-0.25, -0.2) is 4.68 Å². The second-order valence-electron chi connectivity index (χ2n) is 13.6. The molecule has 0 saturated carbocycles. The summed E-state index contributed by atoms with van der Waals surface area (Å²) in [5.74, 6) is -1.42. The molecule has 4 heterocycles. The lowest BCUT2D eigenvalue weighted by molar-refractivity contribution is -0.146. The van der Waals surface area contributed by atoms with Gasteiger partial charge in [0, 0.05) is 24.0 Å². The maximum Gasteiger partial charge on any atom is 0.248 e. The Hall–Kier alpha value is -4.94. The van der Waals surface area contributed by atoms with E-state index in [0.717, 1.165) is 11.1 Å². The second-order valence-corrected chi connectivity index (χ2v) is 15.2. The van der Waals surface area contributed by atoms with E-state index in [-0.39, 0.29) is 49.3 Å². The Morgan fingerprint density at radius 3 is 2.48 bits per heavy atom. The number of aliphatic hydroxyl groups excluding tert-OH is 1. The average Bonchev–Trinajstić information content (AvgIpc) is 3.92. The standard InChI is InChI=1S/C40H44N6O5S/c1-4-22-43(26-45-32-15-11-10-14-31(32)41-42-45)39(50)36-40-21-20-33(52-40)34(37(48)44(23-5-2)28-16-18-30(19-17-28)51-6-3)35(40)38(49)46(36)29(25-47)24-27-12-8-7-9-13-27/h4-5,7-19,29,33-36,47H,1-2,6,20-26H2,3H3/t29-,33-,34+,35+,36?,40?/m1/s1. The molecule has 11 nitrogen and oxygen atoms in total. The number of nitrogens with zero attached hydrogens (tertiary/aromatic N) is 6. The lowest BCUT2D eigenvalue weighted by atomic mass is 9.70. The zero-order chi connectivity index (χ0) is 36.4. The molecule has 0 aliphatic carbocycles. The highest BCUT2D eigenvalue weighted by atomic mass is 32.2. The first-order chi connectivity index (χ1) is 25.3. The van der Waals surface area contributed by atoms with Crippen LogP contribution in [0.3, 0.4) is 0 Å². The molecule has 3 amide bonds. The minimum absolute atomic E-state index is 0.0917. The molecule has 2 unspecified atom stereocenters. The van der Waals surface area contributed by atoms with Crippen molar-refractivity contribution in [3.05, 3.63) is 110 Å². The molecule has 2 bridgehead atoms. The van der Waals surface area contributed by atoms with Gasteiger partial charge in [0.2, 0.25) is 17.7 Å². The highest BCUT2D eigenvalue weighted by Gasteiger charge is 2.74. The van der Waals surface area contributed by atoms with Crippen molar-refractivity contribution >= 4 is 46.2 Å². The number of anilines is 1. The number of aromatic nitrogens is 3. The van der Waals surface area contributed by atoms with E-state index >= 15 is 9.59 Å². The van der Waals surface area contributed by atoms with E-state index < -0.39 is 28.7 Å². The first kappa shape index (κ1) is 35.5. The predicted octanol–water partition coefficient (Wildman–Crippen LogP) is 4.72. The minimum atomic E-state index is -0.924. The quantitative estimate of drug-likeness (QED) is 0.175. The number of ether oxygens (including phenoxy) is 1. The van der Waals surface area contributed by atoms with Gasteiger partial charge in [0.05, 0.1) is 41.4 Å². The smallest absolute Gasteiger partial charge is 0.248 e. The Morgan fingerprint density at radius 1 is 1.04 bits per heavy atom. The van der Waals surface area contributed by atoms with E-state index in [1.807, 2.05) is 85.8 Å². The van der Waals surface area contributed by atoms with Gasteiger partial charge in [-0.15, -0.1) is 30.0 Å². The molecule has 3 aliphatic rings. The van der Waals surface area contributed by atoms with Crippen LogP contribution in [0.15, 0.2) is 104 Å². The van der Waals surface area contributed by atoms with Gasteiger partial charge in [0.15, 0.2) is 0 Å². The Labute approximate surface area is 307 Å². The van der Waals surface area contributed by atoms with Gasteiger partial charge in [-0.1, -0.05) is 59.8 Å². The number of aliphatic hydroxyl groups is 1. The number of likely N-dealkylation sites (tertiary alicyclic amines) is 1. The third-order valence-corrected chi connectivity index (χ3v) is 12.6. The van der Waals surface area contributed by atoms with Crippen LogP contribution in [0, 0.1) is 11.8 Å². The van der Waals surface area contributed by atoms with Crippen LogP contribution in [0.25, 0.3) is 11.0 Å². The van der Waals surface area contributed by atoms with Crippen molar-refractivity contribution in [3.63, 3.8) is 0 Å². The Morgan fingerprint density at radius 2 is 1.77 bits per heavy atom. The van der Waals surface area contributed by atoms with Crippen LogP contribution < -0.4 is 9.64 Å². The van der Waals surface area contributed by atoms with Gasteiger partial charge < -0.3 is 24.5 Å². The summed E-state index contributed by atoms with van der Waals surface area (Å²) in [5, 5.41) is 19.4. The molecule has 3 fully saturated rings. The summed E-state index contributed by atoms with van der Waals surface area (Å²) in [6.07, 6.45) is 4.98. The third-order valence-electron chi connectivity index (χ3n) is 10.6. The molecule has 1 N–H and O–H groups in total. The summed E-state index contributed by atoms with van der Waals surface area (Å²) in [5.41, 5.74) is 3.09. The summed E-state index contributed by atoms with van der Waals surface area (Å²) in [7, 11) is 0. The lowest BCUT2D eigenvalue weighted by Gasteiger charge is -2.39. The molecule has 3 aliphatic heterocycles. The molecule has 0 radical (unpaired) electrons. The summed E-state index contributed by atoms with van der Waals surface area (Å²) in [4.78, 5) is 50.0. The molecule has 52 heavy (non-hydrogen) atoms. The first-order valence-electron chi connectivity index (χ1n) is 17.8. The van der Waals surface area contributed by atoms with Crippen LogP contribution in [-0.4, -0.2) is 96.0 Å². The molecule has 6 atom stereocenters. The molecule has 3 aromatic carbocycles. The fourth-order valence-electron chi connectivity index (χ4n) is 8.43. The molecule has 12 heteroatoms.